The van der Waals surface area contributed by atoms with Crippen LogP contribution in [0.1, 0.15) is 86.5 Å². The molecule has 0 bridgehead atoms. The van der Waals surface area contributed by atoms with Crippen molar-refractivity contribution in [3.63, 3.8) is 0 Å². The molecule has 0 aromatic carbocycles. The Labute approximate surface area is 165 Å². The predicted octanol–water partition coefficient (Wildman–Crippen LogP) is 5.12. The van der Waals surface area contributed by atoms with E-state index in [1.807, 2.05) is 39.5 Å². The summed E-state index contributed by atoms with van der Waals surface area (Å²) >= 11 is 0. The van der Waals surface area contributed by atoms with Gasteiger partial charge in [0.2, 0.25) is 0 Å². The van der Waals surface area contributed by atoms with Crippen LogP contribution in [0.4, 0.5) is 4.79 Å². The Kier molecular flexibility index (Phi) is 6.12. The van der Waals surface area contributed by atoms with Gasteiger partial charge in [-0.05, 0) is 59.3 Å². The van der Waals surface area contributed by atoms with Crippen LogP contribution in [0, 0.1) is 11.8 Å². The normalized spacial score (nSPS) is 34.8. The van der Waals surface area contributed by atoms with E-state index in [0.29, 0.717) is 11.8 Å². The third kappa shape index (κ3) is 4.97. The number of rotatable bonds is 3. The first-order chi connectivity index (χ1) is 12.6. The standard InChI is InChI=1S/C22H39NO4/c1-15-12-18(25-14-15)19-17(13-16-10-8-7-9-11-16)23(22(5,6)26-19)20(24)27-21(2,3)4/h15-19H,7-14H2,1-6H3/t15?,17?,18?,19-/m0/s1. The summed E-state index contributed by atoms with van der Waals surface area (Å²) in [7, 11) is 0. The van der Waals surface area contributed by atoms with Crippen LogP contribution in [0.25, 0.3) is 0 Å². The number of hydrogen-bond acceptors (Lipinski definition) is 4. The summed E-state index contributed by atoms with van der Waals surface area (Å²) < 4.78 is 18.3. The van der Waals surface area contributed by atoms with Crippen LogP contribution in [0.3, 0.4) is 0 Å². The minimum Gasteiger partial charge on any atom is -0.444 e. The summed E-state index contributed by atoms with van der Waals surface area (Å²) in [6.45, 7) is 12.8. The van der Waals surface area contributed by atoms with E-state index < -0.39 is 11.3 Å². The summed E-state index contributed by atoms with van der Waals surface area (Å²) in [4.78, 5) is 15.0. The van der Waals surface area contributed by atoms with Crippen molar-refractivity contribution in [2.45, 2.75) is 116 Å². The van der Waals surface area contributed by atoms with Crippen molar-refractivity contribution in [2.75, 3.05) is 6.61 Å². The third-order valence-electron chi connectivity index (χ3n) is 6.20. The quantitative estimate of drug-likeness (QED) is 0.680. The molecule has 0 aromatic heterocycles. The molecular formula is C22H39NO4. The molecule has 3 rings (SSSR count). The lowest BCUT2D eigenvalue weighted by molar-refractivity contribution is -0.106. The molecule has 2 saturated heterocycles. The van der Waals surface area contributed by atoms with Crippen molar-refractivity contribution in [2.24, 2.45) is 11.8 Å². The molecule has 1 aliphatic carbocycles. The Morgan fingerprint density at radius 2 is 1.85 bits per heavy atom. The second kappa shape index (κ2) is 7.90. The fraction of sp³-hybridized carbons (Fsp3) is 0.955. The summed E-state index contributed by atoms with van der Waals surface area (Å²) in [5.41, 5.74) is -1.19. The number of carbonyl (C=O) groups excluding carboxylic acids is 1. The van der Waals surface area contributed by atoms with Crippen molar-refractivity contribution in [3.05, 3.63) is 0 Å². The minimum absolute atomic E-state index is 0.0215. The van der Waals surface area contributed by atoms with Gasteiger partial charge in [0.05, 0.1) is 12.1 Å². The highest BCUT2D eigenvalue weighted by atomic mass is 16.6. The molecular weight excluding hydrogens is 342 g/mol. The molecule has 0 N–H and O–H groups in total. The van der Waals surface area contributed by atoms with Crippen LogP contribution in [-0.4, -0.2) is 47.2 Å². The lowest BCUT2D eigenvalue weighted by Crippen LogP contribution is -2.51. The average molecular weight is 382 g/mol. The Hall–Kier alpha value is -0.810. The van der Waals surface area contributed by atoms with E-state index in [4.69, 9.17) is 14.2 Å². The van der Waals surface area contributed by atoms with E-state index in [0.717, 1.165) is 19.4 Å². The first-order valence-electron chi connectivity index (χ1n) is 10.9. The second-order valence-electron chi connectivity index (χ2n) is 10.4. The predicted molar refractivity (Wildman–Crippen MR) is 106 cm³/mol. The number of hydrogen-bond donors (Lipinski definition) is 0. The summed E-state index contributed by atoms with van der Waals surface area (Å²) in [6.07, 6.45) is 8.19. The van der Waals surface area contributed by atoms with E-state index in [2.05, 4.69) is 6.92 Å². The van der Waals surface area contributed by atoms with Gasteiger partial charge in [-0.15, -0.1) is 0 Å². The van der Waals surface area contributed by atoms with E-state index in [9.17, 15) is 4.79 Å². The van der Waals surface area contributed by atoms with Gasteiger partial charge in [-0.25, -0.2) is 4.79 Å². The van der Waals surface area contributed by atoms with Gasteiger partial charge >= 0.3 is 6.09 Å². The molecule has 27 heavy (non-hydrogen) atoms. The second-order valence-corrected chi connectivity index (χ2v) is 10.4. The molecule has 156 valence electrons. The molecule has 0 aromatic rings. The van der Waals surface area contributed by atoms with E-state index in [-0.39, 0.29) is 24.3 Å². The van der Waals surface area contributed by atoms with Gasteiger partial charge in [0.25, 0.3) is 0 Å². The fourth-order valence-electron chi connectivity index (χ4n) is 5.06. The van der Waals surface area contributed by atoms with E-state index >= 15 is 0 Å². The van der Waals surface area contributed by atoms with Gasteiger partial charge in [0.15, 0.2) is 0 Å². The molecule has 5 heteroatoms. The van der Waals surface area contributed by atoms with E-state index in [1.165, 1.54) is 32.1 Å². The molecule has 2 heterocycles. The molecule has 0 radical (unpaired) electrons. The monoisotopic (exact) mass is 381 g/mol. The molecule has 0 spiro atoms. The minimum atomic E-state index is -0.679. The molecule has 1 amide bonds. The highest BCUT2D eigenvalue weighted by Gasteiger charge is 2.54. The number of carbonyl (C=O) groups is 1. The first kappa shape index (κ1) is 20.9. The van der Waals surface area contributed by atoms with Crippen molar-refractivity contribution in [3.8, 4) is 0 Å². The zero-order valence-electron chi connectivity index (χ0n) is 18.1. The Balaban J connectivity index is 1.83. The largest absolute Gasteiger partial charge is 0.444 e. The van der Waals surface area contributed by atoms with Gasteiger partial charge in [0.1, 0.15) is 17.4 Å². The lowest BCUT2D eigenvalue weighted by atomic mass is 9.82. The zero-order chi connectivity index (χ0) is 19.8. The molecule has 5 nitrogen and oxygen atoms in total. The van der Waals surface area contributed by atoms with Crippen LogP contribution in [0.5, 0.6) is 0 Å². The topological polar surface area (TPSA) is 48.0 Å². The maximum atomic E-state index is 13.1. The molecule has 3 unspecified atom stereocenters. The fourth-order valence-corrected chi connectivity index (χ4v) is 5.06. The zero-order valence-corrected chi connectivity index (χ0v) is 18.1. The Morgan fingerprint density at radius 3 is 2.41 bits per heavy atom. The van der Waals surface area contributed by atoms with Crippen molar-refractivity contribution in [1.82, 2.24) is 4.90 Å². The maximum Gasteiger partial charge on any atom is 0.412 e. The highest BCUT2D eigenvalue weighted by Crippen LogP contribution is 2.42. The van der Waals surface area contributed by atoms with Crippen LogP contribution in [0.15, 0.2) is 0 Å². The van der Waals surface area contributed by atoms with Gasteiger partial charge in [0, 0.05) is 6.61 Å². The smallest absolute Gasteiger partial charge is 0.412 e. The maximum absolute atomic E-state index is 13.1. The Morgan fingerprint density at radius 1 is 1.19 bits per heavy atom. The molecule has 1 saturated carbocycles. The SMILES string of the molecule is CC1COC([C@H]2OC(C)(C)N(C(=O)OC(C)(C)C)C2CC2CCCCC2)C1. The van der Waals surface area contributed by atoms with E-state index in [1.54, 1.807) is 0 Å². The molecule has 2 aliphatic heterocycles. The van der Waals surface area contributed by atoms with Gasteiger partial charge in [-0.2, -0.15) is 0 Å². The number of nitrogens with zero attached hydrogens (tertiary/aromatic N) is 1. The third-order valence-corrected chi connectivity index (χ3v) is 6.20. The highest BCUT2D eigenvalue weighted by molar-refractivity contribution is 5.70. The first-order valence-corrected chi connectivity index (χ1v) is 10.9. The number of ether oxygens (including phenoxy) is 3. The molecule has 3 aliphatic rings. The summed E-state index contributed by atoms with van der Waals surface area (Å²) in [5, 5.41) is 0. The van der Waals surface area contributed by atoms with Gasteiger partial charge < -0.3 is 14.2 Å². The van der Waals surface area contributed by atoms with Crippen molar-refractivity contribution in [1.29, 1.82) is 0 Å². The lowest BCUT2D eigenvalue weighted by Gasteiger charge is -2.37. The van der Waals surface area contributed by atoms with Crippen molar-refractivity contribution >= 4 is 6.09 Å². The molecule has 4 atom stereocenters. The van der Waals surface area contributed by atoms with Gasteiger partial charge in [-0.3, -0.25) is 4.90 Å². The van der Waals surface area contributed by atoms with Crippen LogP contribution in [0.2, 0.25) is 0 Å². The van der Waals surface area contributed by atoms with Gasteiger partial charge in [-0.1, -0.05) is 39.0 Å². The number of amides is 1. The summed E-state index contributed by atoms with van der Waals surface area (Å²) in [6, 6.07) is 0.0215. The van der Waals surface area contributed by atoms with Crippen LogP contribution < -0.4 is 0 Å². The van der Waals surface area contributed by atoms with Crippen LogP contribution >= 0.6 is 0 Å². The average Bonchev–Trinajstić information content (AvgIpc) is 3.07. The van der Waals surface area contributed by atoms with Crippen LogP contribution in [-0.2, 0) is 14.2 Å². The summed E-state index contributed by atoms with van der Waals surface area (Å²) in [5.74, 6) is 1.21. The molecule has 3 fully saturated rings. The Bertz CT molecular complexity index is 521. The van der Waals surface area contributed by atoms with Crippen molar-refractivity contribution < 1.29 is 19.0 Å².